The minimum Gasteiger partial charge on any atom is -0.368 e. The van der Waals surface area contributed by atoms with Gasteiger partial charge in [-0.2, -0.15) is 4.31 Å². The third-order valence-corrected chi connectivity index (χ3v) is 7.23. The van der Waals surface area contributed by atoms with Gasteiger partial charge in [0.05, 0.1) is 0 Å². The molecule has 7 nitrogen and oxygen atoms in total. The molecule has 0 saturated carbocycles. The van der Waals surface area contributed by atoms with E-state index in [1.54, 1.807) is 16.4 Å². The molecule has 1 unspecified atom stereocenters. The zero-order valence-electron chi connectivity index (χ0n) is 13.9. The van der Waals surface area contributed by atoms with Crippen LogP contribution >= 0.6 is 0 Å². The summed E-state index contributed by atoms with van der Waals surface area (Å²) in [5.41, 5.74) is 0. The lowest BCUT2D eigenvalue weighted by atomic mass is 10.1. The summed E-state index contributed by atoms with van der Waals surface area (Å²) in [6.07, 6.45) is 3.37. The fraction of sp³-hybridized carbons (Fsp3) is 0.688. The number of fused-ring (bicyclic) bond motifs is 3. The Morgan fingerprint density at radius 1 is 1.08 bits per heavy atom. The van der Waals surface area contributed by atoms with Gasteiger partial charge in [0.2, 0.25) is 10.0 Å². The predicted molar refractivity (Wildman–Crippen MR) is 92.5 cm³/mol. The summed E-state index contributed by atoms with van der Waals surface area (Å²) < 4.78 is 26.5. The van der Waals surface area contributed by atoms with Crippen molar-refractivity contribution >= 4 is 15.8 Å². The minimum absolute atomic E-state index is 0.293. The number of pyridine rings is 1. The molecule has 5 rings (SSSR count). The normalized spacial score (nSPS) is 30.6. The lowest BCUT2D eigenvalue weighted by Crippen LogP contribution is -2.62. The van der Waals surface area contributed by atoms with Gasteiger partial charge in [0.1, 0.15) is 10.7 Å². The van der Waals surface area contributed by atoms with Crippen LogP contribution in [-0.2, 0) is 10.0 Å². The van der Waals surface area contributed by atoms with E-state index in [4.69, 9.17) is 0 Å². The second-order valence-corrected chi connectivity index (χ2v) is 8.80. The summed E-state index contributed by atoms with van der Waals surface area (Å²) in [6, 6.07) is 3.96. The van der Waals surface area contributed by atoms with Crippen LogP contribution in [0.3, 0.4) is 0 Å². The first-order chi connectivity index (χ1) is 11.6. The smallest absolute Gasteiger partial charge is 0.244 e. The monoisotopic (exact) mass is 351 g/mol. The van der Waals surface area contributed by atoms with Gasteiger partial charge >= 0.3 is 0 Å². The molecule has 4 saturated heterocycles. The van der Waals surface area contributed by atoms with Crippen molar-refractivity contribution in [2.75, 3.05) is 57.7 Å². The Labute approximate surface area is 143 Å². The van der Waals surface area contributed by atoms with Gasteiger partial charge in [-0.3, -0.25) is 9.80 Å². The third kappa shape index (κ3) is 3.15. The first-order valence-corrected chi connectivity index (χ1v) is 10.2. The summed E-state index contributed by atoms with van der Waals surface area (Å²) in [5, 5.41) is 3.36. The van der Waals surface area contributed by atoms with Gasteiger partial charge in [0.25, 0.3) is 0 Å². The van der Waals surface area contributed by atoms with Crippen LogP contribution in [0.15, 0.2) is 23.2 Å². The Morgan fingerprint density at radius 3 is 2.42 bits per heavy atom. The van der Waals surface area contributed by atoms with E-state index in [1.165, 1.54) is 19.3 Å². The highest BCUT2D eigenvalue weighted by molar-refractivity contribution is 7.89. The number of rotatable bonds is 5. The molecule has 0 radical (unpaired) electrons. The van der Waals surface area contributed by atoms with Gasteiger partial charge in [-0.05, 0) is 25.0 Å². The lowest BCUT2D eigenvalue weighted by molar-refractivity contribution is 0.0189. The summed E-state index contributed by atoms with van der Waals surface area (Å²) in [6.45, 7) is 7.85. The van der Waals surface area contributed by atoms with Crippen molar-refractivity contribution in [2.45, 2.75) is 23.8 Å². The van der Waals surface area contributed by atoms with Crippen molar-refractivity contribution in [1.82, 2.24) is 19.1 Å². The lowest BCUT2D eigenvalue weighted by Gasteiger charge is -2.47. The molecule has 1 N–H and O–H groups in total. The van der Waals surface area contributed by atoms with Gasteiger partial charge in [0, 0.05) is 64.6 Å². The molecule has 132 valence electrons. The molecule has 8 heteroatoms. The SMILES string of the molecule is O=S(=O)(c1ccc(NCC2CN3CCN2CC3)nc1)N1CCCC1. The van der Waals surface area contributed by atoms with E-state index < -0.39 is 10.0 Å². The summed E-state index contributed by atoms with van der Waals surface area (Å²) in [4.78, 5) is 9.64. The van der Waals surface area contributed by atoms with E-state index in [0.29, 0.717) is 24.0 Å². The Balaban J connectivity index is 1.37. The quantitative estimate of drug-likeness (QED) is 0.822. The summed E-state index contributed by atoms with van der Waals surface area (Å²) >= 11 is 0. The number of anilines is 1. The number of piperazine rings is 3. The standard InChI is InChI=1S/C16H25N5O2S/c22-24(23,21-5-1-2-6-21)15-3-4-16(18-12-15)17-11-14-13-19-7-9-20(14)10-8-19/h3-4,12,14H,1-2,5-11,13H2,(H,17,18). The minimum atomic E-state index is -3.37. The van der Waals surface area contributed by atoms with Crippen molar-refractivity contribution in [3.8, 4) is 0 Å². The van der Waals surface area contributed by atoms with Crippen LogP contribution < -0.4 is 5.32 Å². The second-order valence-electron chi connectivity index (χ2n) is 6.86. The van der Waals surface area contributed by atoms with Crippen molar-refractivity contribution < 1.29 is 8.42 Å². The van der Waals surface area contributed by atoms with Gasteiger partial charge in [-0.25, -0.2) is 13.4 Å². The van der Waals surface area contributed by atoms with E-state index in [1.807, 2.05) is 0 Å². The maximum Gasteiger partial charge on any atom is 0.244 e. The topological polar surface area (TPSA) is 68.8 Å². The highest BCUT2D eigenvalue weighted by Gasteiger charge is 2.31. The number of sulfonamides is 1. The molecule has 0 spiro atoms. The molecule has 24 heavy (non-hydrogen) atoms. The highest BCUT2D eigenvalue weighted by atomic mass is 32.2. The number of nitrogens with one attached hydrogen (secondary N) is 1. The third-order valence-electron chi connectivity index (χ3n) is 5.35. The average Bonchev–Trinajstić information content (AvgIpc) is 3.17. The Kier molecular flexibility index (Phi) is 4.46. The molecule has 4 aliphatic heterocycles. The summed E-state index contributed by atoms with van der Waals surface area (Å²) in [5.74, 6) is 0.744. The molecule has 1 aromatic heterocycles. The Bertz CT molecular complexity index is 664. The van der Waals surface area contributed by atoms with Crippen molar-refractivity contribution in [3.63, 3.8) is 0 Å². The Hall–Kier alpha value is -1.22. The van der Waals surface area contributed by atoms with E-state index in [9.17, 15) is 8.42 Å². The zero-order chi connectivity index (χ0) is 16.6. The van der Waals surface area contributed by atoms with Crippen LogP contribution in [0.25, 0.3) is 0 Å². The molecule has 2 bridgehead atoms. The van der Waals surface area contributed by atoms with E-state index >= 15 is 0 Å². The van der Waals surface area contributed by atoms with Gasteiger partial charge in [-0.1, -0.05) is 0 Å². The molecular formula is C16H25N5O2S. The van der Waals surface area contributed by atoms with Crippen LogP contribution in [0.5, 0.6) is 0 Å². The number of nitrogens with zero attached hydrogens (tertiary/aromatic N) is 4. The van der Waals surface area contributed by atoms with Crippen molar-refractivity contribution in [3.05, 3.63) is 18.3 Å². The second kappa shape index (κ2) is 6.59. The van der Waals surface area contributed by atoms with Crippen LogP contribution in [-0.4, -0.2) is 85.9 Å². The van der Waals surface area contributed by atoms with Crippen molar-refractivity contribution in [1.29, 1.82) is 0 Å². The van der Waals surface area contributed by atoms with Crippen LogP contribution in [0, 0.1) is 0 Å². The molecular weight excluding hydrogens is 326 g/mol. The molecule has 4 fully saturated rings. The zero-order valence-corrected chi connectivity index (χ0v) is 14.7. The molecule has 0 amide bonds. The molecule has 1 atom stereocenters. The van der Waals surface area contributed by atoms with Gasteiger partial charge in [0.15, 0.2) is 0 Å². The van der Waals surface area contributed by atoms with Crippen molar-refractivity contribution in [2.24, 2.45) is 0 Å². The van der Waals surface area contributed by atoms with E-state index in [0.717, 1.165) is 44.8 Å². The van der Waals surface area contributed by atoms with Crippen LogP contribution in [0.4, 0.5) is 5.82 Å². The fourth-order valence-corrected chi connectivity index (χ4v) is 5.32. The first kappa shape index (κ1) is 16.3. The largest absolute Gasteiger partial charge is 0.368 e. The molecule has 5 heterocycles. The van der Waals surface area contributed by atoms with E-state index in [2.05, 4.69) is 20.1 Å². The van der Waals surface area contributed by atoms with Crippen LogP contribution in [0.2, 0.25) is 0 Å². The van der Waals surface area contributed by atoms with E-state index in [-0.39, 0.29) is 0 Å². The number of aromatic nitrogens is 1. The molecule has 0 aliphatic carbocycles. The number of hydrogen-bond acceptors (Lipinski definition) is 6. The average molecular weight is 351 g/mol. The summed E-state index contributed by atoms with van der Waals surface area (Å²) in [7, 11) is -3.37. The van der Waals surface area contributed by atoms with Gasteiger partial charge < -0.3 is 5.32 Å². The number of hydrogen-bond donors (Lipinski definition) is 1. The highest BCUT2D eigenvalue weighted by Crippen LogP contribution is 2.21. The Morgan fingerprint density at radius 2 is 1.83 bits per heavy atom. The first-order valence-electron chi connectivity index (χ1n) is 8.79. The maximum atomic E-state index is 12.5. The molecule has 1 aromatic rings. The fourth-order valence-electron chi connectivity index (χ4n) is 3.86. The molecule has 4 aliphatic rings. The molecule has 0 aromatic carbocycles. The van der Waals surface area contributed by atoms with Gasteiger partial charge in [-0.15, -0.1) is 0 Å². The maximum absolute atomic E-state index is 12.5. The predicted octanol–water partition coefficient (Wildman–Crippen LogP) is 0.278. The van der Waals surface area contributed by atoms with Crippen LogP contribution in [0.1, 0.15) is 12.8 Å².